The molecule has 0 saturated carbocycles. The summed E-state index contributed by atoms with van der Waals surface area (Å²) in [6.07, 6.45) is 3.39. The molecule has 0 amide bonds. The van der Waals surface area contributed by atoms with Crippen LogP contribution in [0.1, 0.15) is 45.0 Å². The third-order valence-electron chi connectivity index (χ3n) is 2.21. The summed E-state index contributed by atoms with van der Waals surface area (Å²) in [7, 11) is 0. The minimum Gasteiger partial charge on any atom is -0.392 e. The Kier molecular flexibility index (Phi) is 4.27. The lowest BCUT2D eigenvalue weighted by atomic mass is 10.2. The lowest BCUT2D eigenvalue weighted by Crippen LogP contribution is -2.19. The third kappa shape index (κ3) is 3.04. The zero-order valence-corrected chi connectivity index (χ0v) is 9.10. The zero-order chi connectivity index (χ0) is 11.3. The Morgan fingerprint density at radius 1 is 1.60 bits per heavy atom. The summed E-state index contributed by atoms with van der Waals surface area (Å²) in [5, 5.41) is 4.04. The quantitative estimate of drug-likeness (QED) is 0.667. The molecule has 0 spiro atoms. The second kappa shape index (κ2) is 5.48. The van der Waals surface area contributed by atoms with Crippen molar-refractivity contribution in [3.8, 4) is 0 Å². The van der Waals surface area contributed by atoms with Gasteiger partial charge in [0.2, 0.25) is 5.89 Å². The molecule has 1 aromatic rings. The highest BCUT2D eigenvalue weighted by atomic mass is 16.4. The smallest absolute Gasteiger partial charge is 0.392 e. The summed E-state index contributed by atoms with van der Waals surface area (Å²) in [4.78, 5) is 21.5. The molecule has 0 aliphatic heterocycles. The molecule has 0 N–H and O–H groups in total. The van der Waals surface area contributed by atoms with Crippen molar-refractivity contribution in [2.75, 3.05) is 0 Å². The van der Waals surface area contributed by atoms with E-state index in [2.05, 4.69) is 12.0 Å². The fraction of sp³-hybridized carbons (Fsp3) is 0.700. The van der Waals surface area contributed by atoms with Crippen LogP contribution in [0.4, 0.5) is 0 Å². The number of aldehydes is 1. The number of rotatable bonds is 6. The average molecular weight is 212 g/mol. The summed E-state index contributed by atoms with van der Waals surface area (Å²) in [5.74, 6) is -0.0908. The van der Waals surface area contributed by atoms with Gasteiger partial charge in [-0.05, 0) is 13.3 Å². The van der Waals surface area contributed by atoms with Gasteiger partial charge >= 0.3 is 5.76 Å². The average Bonchev–Trinajstić information content (AvgIpc) is 2.57. The first-order valence-corrected chi connectivity index (χ1v) is 5.21. The van der Waals surface area contributed by atoms with Gasteiger partial charge < -0.3 is 9.21 Å². The van der Waals surface area contributed by atoms with Crippen LogP contribution in [0.3, 0.4) is 0 Å². The largest absolute Gasteiger partial charge is 0.437 e. The number of hydrogen-bond acceptors (Lipinski definition) is 4. The van der Waals surface area contributed by atoms with Gasteiger partial charge in [0.15, 0.2) is 0 Å². The third-order valence-corrected chi connectivity index (χ3v) is 2.21. The highest BCUT2D eigenvalue weighted by Gasteiger charge is 2.12. The molecule has 0 fully saturated rings. The Balaban J connectivity index is 2.76. The van der Waals surface area contributed by atoms with Crippen LogP contribution in [-0.4, -0.2) is 16.1 Å². The molecule has 0 aromatic carbocycles. The number of nitrogens with zero attached hydrogens (tertiary/aromatic N) is 2. The van der Waals surface area contributed by atoms with Crippen molar-refractivity contribution in [3.05, 3.63) is 16.4 Å². The van der Waals surface area contributed by atoms with Crippen LogP contribution in [-0.2, 0) is 11.2 Å². The van der Waals surface area contributed by atoms with Crippen LogP contribution in [0.2, 0.25) is 0 Å². The van der Waals surface area contributed by atoms with Crippen LogP contribution in [0.5, 0.6) is 0 Å². The minimum absolute atomic E-state index is 0.0521. The summed E-state index contributed by atoms with van der Waals surface area (Å²) < 4.78 is 6.27. The van der Waals surface area contributed by atoms with E-state index in [1.54, 1.807) is 0 Å². The van der Waals surface area contributed by atoms with Gasteiger partial charge in [-0.1, -0.05) is 13.3 Å². The van der Waals surface area contributed by atoms with Crippen molar-refractivity contribution in [2.24, 2.45) is 0 Å². The number of carbonyl (C=O) groups excluding carboxylic acids is 1. The number of hydrogen-bond donors (Lipinski definition) is 0. The Morgan fingerprint density at radius 2 is 2.33 bits per heavy atom. The summed E-state index contributed by atoms with van der Waals surface area (Å²) in [6.45, 7) is 3.98. The lowest BCUT2D eigenvalue weighted by Gasteiger charge is -2.06. The Hall–Kier alpha value is -1.39. The first-order valence-electron chi connectivity index (χ1n) is 5.21. The molecule has 1 heterocycles. The van der Waals surface area contributed by atoms with Gasteiger partial charge in [-0.25, -0.2) is 4.79 Å². The van der Waals surface area contributed by atoms with Crippen molar-refractivity contribution in [1.29, 1.82) is 0 Å². The summed E-state index contributed by atoms with van der Waals surface area (Å²) >= 11 is 0. The molecule has 1 unspecified atom stereocenters. The standard InChI is InChI=1S/C10H16N2O3/c1-3-5-8(2)12-10(14)15-9(11-12)6-4-7-13/h7-8H,3-6H2,1-2H3. The first kappa shape index (κ1) is 11.7. The van der Waals surface area contributed by atoms with Crippen molar-refractivity contribution in [3.63, 3.8) is 0 Å². The van der Waals surface area contributed by atoms with Crippen molar-refractivity contribution >= 4 is 6.29 Å². The molecular weight excluding hydrogens is 196 g/mol. The first-order chi connectivity index (χ1) is 7.19. The van der Waals surface area contributed by atoms with Crippen molar-refractivity contribution < 1.29 is 9.21 Å². The SMILES string of the molecule is CCCC(C)n1nc(CCC=O)oc1=O. The molecule has 15 heavy (non-hydrogen) atoms. The summed E-state index contributed by atoms with van der Waals surface area (Å²) in [6, 6.07) is 0.0521. The monoisotopic (exact) mass is 212 g/mol. The molecule has 1 rings (SSSR count). The van der Waals surface area contributed by atoms with Gasteiger partial charge in [-0.2, -0.15) is 4.68 Å². The van der Waals surface area contributed by atoms with Gasteiger partial charge in [-0.3, -0.25) is 0 Å². The Labute approximate surface area is 88.1 Å². The molecule has 5 heteroatoms. The van der Waals surface area contributed by atoms with E-state index in [0.29, 0.717) is 18.7 Å². The molecule has 0 bridgehead atoms. The predicted molar refractivity (Wildman–Crippen MR) is 54.8 cm³/mol. The van der Waals surface area contributed by atoms with E-state index in [1.807, 2.05) is 6.92 Å². The van der Waals surface area contributed by atoms with E-state index in [9.17, 15) is 9.59 Å². The highest BCUT2D eigenvalue weighted by Crippen LogP contribution is 2.09. The molecular formula is C10H16N2O3. The van der Waals surface area contributed by atoms with E-state index in [-0.39, 0.29) is 6.04 Å². The predicted octanol–water partition coefficient (Wildman–Crippen LogP) is 1.33. The van der Waals surface area contributed by atoms with Crippen LogP contribution in [0, 0.1) is 0 Å². The molecule has 5 nitrogen and oxygen atoms in total. The molecule has 0 saturated heterocycles. The normalized spacial score (nSPS) is 12.7. The van der Waals surface area contributed by atoms with E-state index in [0.717, 1.165) is 19.1 Å². The lowest BCUT2D eigenvalue weighted by molar-refractivity contribution is -0.107. The number of aryl methyl sites for hydroxylation is 1. The maximum atomic E-state index is 11.4. The van der Waals surface area contributed by atoms with Gasteiger partial charge in [-0.15, -0.1) is 5.10 Å². The second-order valence-electron chi connectivity index (χ2n) is 3.55. The number of carbonyl (C=O) groups is 1. The topological polar surface area (TPSA) is 65.1 Å². The summed E-state index contributed by atoms with van der Waals surface area (Å²) in [5.41, 5.74) is 0. The van der Waals surface area contributed by atoms with Crippen molar-refractivity contribution in [2.45, 2.75) is 45.6 Å². The maximum absolute atomic E-state index is 11.4. The molecule has 1 aromatic heterocycles. The maximum Gasteiger partial charge on any atom is 0.437 e. The van der Waals surface area contributed by atoms with Crippen LogP contribution < -0.4 is 5.76 Å². The van der Waals surface area contributed by atoms with E-state index in [1.165, 1.54) is 4.68 Å². The van der Waals surface area contributed by atoms with Crippen molar-refractivity contribution in [1.82, 2.24) is 9.78 Å². The van der Waals surface area contributed by atoms with Crippen LogP contribution >= 0.6 is 0 Å². The Morgan fingerprint density at radius 3 is 2.93 bits per heavy atom. The van der Waals surface area contributed by atoms with Crippen LogP contribution in [0.15, 0.2) is 9.21 Å². The van der Waals surface area contributed by atoms with E-state index < -0.39 is 5.76 Å². The Bertz CT molecular complexity index is 367. The molecule has 0 radical (unpaired) electrons. The molecule has 84 valence electrons. The molecule has 1 atom stereocenters. The number of aromatic nitrogens is 2. The van der Waals surface area contributed by atoms with Gasteiger partial charge in [0, 0.05) is 12.8 Å². The fourth-order valence-corrected chi connectivity index (χ4v) is 1.43. The fourth-order valence-electron chi connectivity index (χ4n) is 1.43. The van der Waals surface area contributed by atoms with E-state index in [4.69, 9.17) is 4.42 Å². The van der Waals surface area contributed by atoms with Gasteiger partial charge in [0.25, 0.3) is 0 Å². The minimum atomic E-state index is -0.433. The second-order valence-corrected chi connectivity index (χ2v) is 3.55. The molecule has 0 aliphatic rings. The van der Waals surface area contributed by atoms with Gasteiger partial charge in [0.1, 0.15) is 6.29 Å². The highest BCUT2D eigenvalue weighted by molar-refractivity contribution is 5.49. The van der Waals surface area contributed by atoms with Crippen LogP contribution in [0.25, 0.3) is 0 Å². The van der Waals surface area contributed by atoms with E-state index >= 15 is 0 Å². The zero-order valence-electron chi connectivity index (χ0n) is 9.10. The molecule has 0 aliphatic carbocycles. The van der Waals surface area contributed by atoms with Gasteiger partial charge in [0.05, 0.1) is 6.04 Å².